The van der Waals surface area contributed by atoms with Crippen LogP contribution >= 0.6 is 0 Å². The molecule has 0 saturated carbocycles. The minimum absolute atomic E-state index is 0.138. The van der Waals surface area contributed by atoms with Crippen LogP contribution in [0.3, 0.4) is 0 Å². The van der Waals surface area contributed by atoms with E-state index < -0.39 is 29.6 Å². The molecule has 4 aromatic carbocycles. The third-order valence-electron chi connectivity index (χ3n) is 9.32. The molecule has 1 saturated heterocycles. The Labute approximate surface area is 339 Å². The van der Waals surface area contributed by atoms with Gasteiger partial charge in [-0.15, -0.1) is 6.42 Å². The number of nitrogens with one attached hydrogen (secondary N) is 4. The normalized spacial score (nSPS) is 13.3. The van der Waals surface area contributed by atoms with Crippen molar-refractivity contribution in [2.75, 3.05) is 55.3 Å². The molecule has 6 aromatic rings. The number of benzene rings is 4. The number of carbonyl (C=O) groups is 2. The van der Waals surface area contributed by atoms with Crippen LogP contribution < -0.4 is 26.0 Å². The van der Waals surface area contributed by atoms with Crippen molar-refractivity contribution in [2.24, 2.45) is 0 Å². The summed E-state index contributed by atoms with van der Waals surface area (Å²) in [7, 11) is 0. The van der Waals surface area contributed by atoms with Gasteiger partial charge in [0.05, 0.1) is 24.6 Å². The highest BCUT2D eigenvalue weighted by atomic mass is 19.4. The summed E-state index contributed by atoms with van der Waals surface area (Å²) < 4.78 is 81.0. The van der Waals surface area contributed by atoms with Gasteiger partial charge in [0, 0.05) is 72.1 Å². The summed E-state index contributed by atoms with van der Waals surface area (Å²) >= 11 is 0. The van der Waals surface area contributed by atoms with Gasteiger partial charge in [0.15, 0.2) is 0 Å². The molecule has 0 aliphatic carbocycles. The summed E-state index contributed by atoms with van der Waals surface area (Å²) in [5.41, 5.74) is 0.881. The predicted octanol–water partition coefficient (Wildman–Crippen LogP) is 8.00. The number of hydrogen-bond donors (Lipinski definition) is 4. The number of terminal acetylenes is 1. The summed E-state index contributed by atoms with van der Waals surface area (Å²) in [6, 6.07) is 22.1. The maximum Gasteiger partial charge on any atom is 0.459 e. The third-order valence-corrected chi connectivity index (χ3v) is 9.32. The van der Waals surface area contributed by atoms with Gasteiger partial charge >= 0.3 is 18.1 Å². The molecule has 18 heteroatoms. The van der Waals surface area contributed by atoms with E-state index in [2.05, 4.69) is 47.2 Å². The molecule has 0 unspecified atom stereocenters. The van der Waals surface area contributed by atoms with Crippen LogP contribution in [0.4, 0.5) is 49.9 Å². The van der Waals surface area contributed by atoms with E-state index in [4.69, 9.17) is 15.9 Å². The van der Waals surface area contributed by atoms with E-state index in [1.807, 2.05) is 0 Å². The Hall–Kier alpha value is -7.10. The average Bonchev–Trinajstić information content (AvgIpc) is 3.66. The lowest BCUT2D eigenvalue weighted by Gasteiger charge is -2.26. The second-order valence-electron chi connectivity index (χ2n) is 13.6. The van der Waals surface area contributed by atoms with Gasteiger partial charge in [-0.1, -0.05) is 47.9 Å². The molecule has 60 heavy (non-hydrogen) atoms. The maximum absolute atomic E-state index is 14.4. The summed E-state index contributed by atoms with van der Waals surface area (Å²) in [5.74, 6) is -2.84. The topological polar surface area (TPSA) is 148 Å². The quantitative estimate of drug-likeness (QED) is 0.0712. The second-order valence-corrected chi connectivity index (χ2v) is 13.6. The molecule has 308 valence electrons. The number of halogens is 5. The van der Waals surface area contributed by atoms with E-state index in [1.165, 1.54) is 30.5 Å². The summed E-state index contributed by atoms with van der Waals surface area (Å²) in [6.07, 6.45) is 1.24. The van der Waals surface area contributed by atoms with Gasteiger partial charge in [0.1, 0.15) is 17.3 Å². The number of rotatable bonds is 12. The number of hydrogen-bond acceptors (Lipinski definition) is 9. The minimum atomic E-state index is -5.92. The van der Waals surface area contributed by atoms with Crippen molar-refractivity contribution in [2.45, 2.75) is 19.0 Å². The number of amides is 3. The predicted molar refractivity (Wildman–Crippen MR) is 214 cm³/mol. The van der Waals surface area contributed by atoms with Crippen LogP contribution in [0.15, 0.2) is 97.2 Å². The van der Waals surface area contributed by atoms with Crippen LogP contribution in [0.1, 0.15) is 27.2 Å². The molecule has 3 heterocycles. The summed E-state index contributed by atoms with van der Waals surface area (Å²) in [6.45, 7) is 5.82. The SMILES string of the molecule is C#Cc1cc(Nc2nccc(Oc3ccc(NC(=O)Nc4cc(C(F)(F)C(F)(F)F)nn4-c4ccc(C)cc4)c4ccccc34)n2)cc(C(=O)NCCN2CCOCC2)c1. The van der Waals surface area contributed by atoms with Gasteiger partial charge < -0.3 is 25.4 Å². The van der Waals surface area contributed by atoms with Crippen LogP contribution in [0.2, 0.25) is 0 Å². The molecular formula is C42H36F5N9O4. The number of aryl methyl sites for hydroxylation is 1. The van der Waals surface area contributed by atoms with Gasteiger partial charge in [0.25, 0.3) is 5.91 Å². The first kappa shape index (κ1) is 41.1. The van der Waals surface area contributed by atoms with Crippen molar-refractivity contribution in [1.29, 1.82) is 0 Å². The first-order chi connectivity index (χ1) is 28.8. The third kappa shape index (κ3) is 9.44. The molecule has 3 amide bonds. The fourth-order valence-electron chi connectivity index (χ4n) is 6.26. The van der Waals surface area contributed by atoms with E-state index in [0.717, 1.165) is 23.3 Å². The highest BCUT2D eigenvalue weighted by molar-refractivity contribution is 6.07. The summed E-state index contributed by atoms with van der Waals surface area (Å²) in [4.78, 5) is 37.3. The number of ether oxygens (including phenoxy) is 2. The van der Waals surface area contributed by atoms with E-state index in [1.54, 1.807) is 67.6 Å². The van der Waals surface area contributed by atoms with Gasteiger partial charge in [-0.05, 0) is 49.4 Å². The van der Waals surface area contributed by atoms with E-state index in [-0.39, 0.29) is 29.1 Å². The van der Waals surface area contributed by atoms with Gasteiger partial charge in [0.2, 0.25) is 11.8 Å². The zero-order valence-electron chi connectivity index (χ0n) is 31.8. The summed E-state index contributed by atoms with van der Waals surface area (Å²) in [5, 5.41) is 15.5. The number of nitrogens with zero attached hydrogens (tertiary/aromatic N) is 5. The smallest absolute Gasteiger partial charge is 0.438 e. The fourth-order valence-corrected chi connectivity index (χ4v) is 6.26. The van der Waals surface area contributed by atoms with Crippen molar-refractivity contribution in [3.63, 3.8) is 0 Å². The molecule has 0 bridgehead atoms. The fraction of sp³-hybridized carbons (Fsp3) is 0.214. The largest absolute Gasteiger partial charge is 0.459 e. The number of carbonyl (C=O) groups excluding carboxylic acids is 2. The van der Waals surface area contributed by atoms with Crippen molar-refractivity contribution >= 4 is 45.9 Å². The standard InChI is InChI=1S/C42H36F5N9O4/c1-3-27-22-28(38(57)48-16-17-55-18-20-59-21-19-55)24-29(23-27)50-39-49-15-14-37(53-39)60-34-13-12-33(31-6-4-5-7-32(31)34)51-40(58)52-36-25-35(41(43,44)42(45,46)47)54-56(36)30-10-8-26(2)9-11-30/h1,4-15,22-25H,16-21H2,2H3,(H,48,57)(H,49,50,53)(H2,51,52,58). The van der Waals surface area contributed by atoms with E-state index >= 15 is 0 Å². The average molecular weight is 826 g/mol. The van der Waals surface area contributed by atoms with Crippen molar-refractivity contribution < 1.29 is 41.0 Å². The first-order valence-corrected chi connectivity index (χ1v) is 18.5. The number of alkyl halides is 5. The molecule has 7 rings (SSSR count). The van der Waals surface area contributed by atoms with Crippen LogP contribution in [0, 0.1) is 19.3 Å². The molecule has 0 radical (unpaired) electrons. The number of urea groups is 1. The highest BCUT2D eigenvalue weighted by Gasteiger charge is 2.60. The molecule has 1 aliphatic heterocycles. The van der Waals surface area contributed by atoms with Gasteiger partial charge in [-0.3, -0.25) is 15.0 Å². The van der Waals surface area contributed by atoms with Crippen LogP contribution in [-0.4, -0.2) is 82.2 Å². The number of anilines is 4. The van der Waals surface area contributed by atoms with Crippen molar-refractivity contribution in [3.8, 4) is 29.7 Å². The molecule has 1 fully saturated rings. The Kier molecular flexibility index (Phi) is 11.9. The van der Waals surface area contributed by atoms with Crippen LogP contribution in [0.5, 0.6) is 11.6 Å². The monoisotopic (exact) mass is 825 g/mol. The van der Waals surface area contributed by atoms with Crippen LogP contribution in [-0.2, 0) is 10.7 Å². The lowest BCUT2D eigenvalue weighted by atomic mass is 10.1. The minimum Gasteiger partial charge on any atom is -0.438 e. The number of fused-ring (bicyclic) bond motifs is 1. The second kappa shape index (κ2) is 17.4. The Morgan fingerprint density at radius 1 is 0.917 bits per heavy atom. The Balaban J connectivity index is 1.06. The van der Waals surface area contributed by atoms with Gasteiger partial charge in [-0.2, -0.15) is 32.0 Å². The lowest BCUT2D eigenvalue weighted by molar-refractivity contribution is -0.291. The van der Waals surface area contributed by atoms with Crippen molar-refractivity contribution in [1.82, 2.24) is 30.0 Å². The van der Waals surface area contributed by atoms with E-state index in [0.29, 0.717) is 65.7 Å². The molecular weight excluding hydrogens is 790 g/mol. The molecule has 13 nitrogen and oxygen atoms in total. The molecule has 0 atom stereocenters. The zero-order chi connectivity index (χ0) is 42.4. The first-order valence-electron chi connectivity index (χ1n) is 18.5. The van der Waals surface area contributed by atoms with E-state index in [9.17, 15) is 31.5 Å². The molecule has 1 aliphatic rings. The zero-order valence-corrected chi connectivity index (χ0v) is 31.8. The van der Waals surface area contributed by atoms with Gasteiger partial charge in [-0.25, -0.2) is 14.5 Å². The maximum atomic E-state index is 14.4. The number of morpholine rings is 1. The highest BCUT2D eigenvalue weighted by Crippen LogP contribution is 2.44. The lowest BCUT2D eigenvalue weighted by Crippen LogP contribution is -2.41. The molecule has 2 aromatic heterocycles. The van der Waals surface area contributed by atoms with Crippen molar-refractivity contribution in [3.05, 3.63) is 120 Å². The molecule has 0 spiro atoms. The Morgan fingerprint density at radius 2 is 1.67 bits per heavy atom. The number of aromatic nitrogens is 4. The molecule has 4 N–H and O–H groups in total. The Morgan fingerprint density at radius 3 is 2.40 bits per heavy atom. The Bertz CT molecular complexity index is 2570. The van der Waals surface area contributed by atoms with Crippen LogP contribution in [0.25, 0.3) is 16.5 Å².